The quantitative estimate of drug-likeness (QED) is 0.298. The number of allylic oxidation sites excluding steroid dienone is 1. The van der Waals surface area contributed by atoms with E-state index in [1.54, 1.807) is 30.3 Å². The lowest BCUT2D eigenvalue weighted by molar-refractivity contribution is -0.0583. The van der Waals surface area contributed by atoms with Gasteiger partial charge in [0.1, 0.15) is 5.71 Å². The Morgan fingerprint density at radius 2 is 1.53 bits per heavy atom. The summed E-state index contributed by atoms with van der Waals surface area (Å²) in [5.74, 6) is -0.423. The van der Waals surface area contributed by atoms with Crippen LogP contribution >= 0.6 is 23.2 Å². The van der Waals surface area contributed by atoms with Gasteiger partial charge in [-0.1, -0.05) is 53.5 Å². The minimum Gasteiger partial charge on any atom is -0.354 e. The monoisotopic (exact) mass is 505 g/mol. The highest BCUT2D eigenvalue weighted by atomic mass is 35.5. The average molecular weight is 506 g/mol. The Kier molecular flexibility index (Phi) is 7.69. The van der Waals surface area contributed by atoms with Crippen LogP contribution in [0.2, 0.25) is 10.0 Å². The highest BCUT2D eigenvalue weighted by Crippen LogP contribution is 2.29. The van der Waals surface area contributed by atoms with E-state index in [0.717, 1.165) is 11.1 Å². The Bertz CT molecular complexity index is 1250. The zero-order valence-corrected chi connectivity index (χ0v) is 19.7. The number of benzene rings is 3. The van der Waals surface area contributed by atoms with E-state index in [2.05, 4.69) is 10.6 Å². The summed E-state index contributed by atoms with van der Waals surface area (Å²) < 4.78 is 39.1. The standard InChI is InChI=1S/C25H20Cl2F3N3O/c1-14-11-15(2)23(19(27)12-14)33-24(34)17-9-7-16(8-10-17)21(13-22(31)25(28,29)30)32-20-6-4-3-5-18(20)26/h3-13,31-32H,1-2H3,(H,33,34)/b21-13-,31-22?. The Balaban J connectivity index is 1.90. The molecular formula is C25H20Cl2F3N3O. The fourth-order valence-electron chi connectivity index (χ4n) is 3.19. The maximum Gasteiger partial charge on any atom is 0.432 e. The molecule has 0 atom stereocenters. The third kappa shape index (κ3) is 6.18. The van der Waals surface area contributed by atoms with Gasteiger partial charge in [-0.3, -0.25) is 10.2 Å². The highest BCUT2D eigenvalue weighted by molar-refractivity contribution is 6.34. The molecule has 0 bridgehead atoms. The van der Waals surface area contributed by atoms with Crippen LogP contribution in [0.4, 0.5) is 24.5 Å². The molecule has 3 aromatic rings. The fourth-order valence-corrected chi connectivity index (χ4v) is 3.74. The maximum absolute atomic E-state index is 13.0. The van der Waals surface area contributed by atoms with Gasteiger partial charge in [-0.15, -0.1) is 0 Å². The zero-order valence-electron chi connectivity index (χ0n) is 18.1. The normalized spacial score (nSPS) is 11.8. The van der Waals surface area contributed by atoms with Crippen LogP contribution in [-0.2, 0) is 0 Å². The molecule has 0 saturated carbocycles. The number of nitrogens with one attached hydrogen (secondary N) is 3. The van der Waals surface area contributed by atoms with Crippen LogP contribution in [0.1, 0.15) is 27.0 Å². The summed E-state index contributed by atoms with van der Waals surface area (Å²) in [6.45, 7) is 3.72. The minimum atomic E-state index is -4.82. The summed E-state index contributed by atoms with van der Waals surface area (Å²) in [7, 11) is 0. The van der Waals surface area contributed by atoms with Gasteiger partial charge in [-0.2, -0.15) is 13.2 Å². The number of amides is 1. The van der Waals surface area contributed by atoms with Crippen LogP contribution in [0, 0.1) is 19.3 Å². The number of halogens is 5. The van der Waals surface area contributed by atoms with E-state index in [1.807, 2.05) is 19.9 Å². The molecule has 0 aromatic heterocycles. The number of hydrogen-bond donors (Lipinski definition) is 3. The third-order valence-electron chi connectivity index (χ3n) is 4.87. The molecule has 34 heavy (non-hydrogen) atoms. The number of aryl methyl sites for hydroxylation is 2. The second-order valence-electron chi connectivity index (χ2n) is 7.54. The number of carbonyl (C=O) groups excluding carboxylic acids is 1. The van der Waals surface area contributed by atoms with Gasteiger partial charge in [0, 0.05) is 11.3 Å². The Hall–Kier alpha value is -3.29. The first-order valence-corrected chi connectivity index (χ1v) is 10.8. The third-order valence-corrected chi connectivity index (χ3v) is 5.49. The van der Waals surface area contributed by atoms with Crippen molar-refractivity contribution in [3.8, 4) is 0 Å². The molecule has 0 saturated heterocycles. The summed E-state index contributed by atoms with van der Waals surface area (Å²) in [6, 6.07) is 16.1. The Morgan fingerprint density at radius 3 is 2.12 bits per heavy atom. The summed E-state index contributed by atoms with van der Waals surface area (Å²) in [6.07, 6.45) is -4.15. The van der Waals surface area contributed by atoms with Crippen LogP contribution in [0.3, 0.4) is 0 Å². The Labute approximate surface area is 204 Å². The number of rotatable bonds is 6. The molecule has 0 aliphatic carbocycles. The molecular weight excluding hydrogens is 486 g/mol. The molecule has 0 radical (unpaired) electrons. The van der Waals surface area contributed by atoms with Crippen molar-refractivity contribution in [2.45, 2.75) is 20.0 Å². The lowest BCUT2D eigenvalue weighted by atomic mass is 10.1. The average Bonchev–Trinajstić information content (AvgIpc) is 2.76. The van der Waals surface area contributed by atoms with Crippen molar-refractivity contribution in [3.63, 3.8) is 0 Å². The smallest absolute Gasteiger partial charge is 0.354 e. The van der Waals surface area contributed by atoms with E-state index in [1.165, 1.54) is 24.3 Å². The van der Waals surface area contributed by atoms with Crippen LogP contribution in [0.5, 0.6) is 0 Å². The van der Waals surface area contributed by atoms with Gasteiger partial charge in [0.05, 0.1) is 21.4 Å². The van der Waals surface area contributed by atoms with Gasteiger partial charge in [0.25, 0.3) is 5.91 Å². The van der Waals surface area contributed by atoms with E-state index in [4.69, 9.17) is 28.6 Å². The van der Waals surface area contributed by atoms with E-state index in [-0.39, 0.29) is 11.3 Å². The predicted octanol–water partition coefficient (Wildman–Crippen LogP) is 7.90. The SMILES string of the molecule is Cc1cc(C)c(NC(=O)c2ccc(/C(=C/C(=N)C(F)(F)F)Nc3ccccc3Cl)cc2)c(Cl)c1. The van der Waals surface area contributed by atoms with Crippen molar-refractivity contribution in [3.05, 3.63) is 99.0 Å². The predicted molar refractivity (Wildman–Crippen MR) is 132 cm³/mol. The van der Waals surface area contributed by atoms with Crippen molar-refractivity contribution in [2.75, 3.05) is 10.6 Å². The first-order valence-electron chi connectivity index (χ1n) is 10.0. The van der Waals surface area contributed by atoms with Gasteiger partial charge < -0.3 is 10.6 Å². The first kappa shape index (κ1) is 25.3. The number of para-hydroxylation sites is 1. The molecule has 0 heterocycles. The van der Waals surface area contributed by atoms with Crippen LogP contribution < -0.4 is 10.6 Å². The van der Waals surface area contributed by atoms with Gasteiger partial charge in [-0.25, -0.2) is 0 Å². The van der Waals surface area contributed by atoms with Crippen molar-refractivity contribution in [2.24, 2.45) is 0 Å². The largest absolute Gasteiger partial charge is 0.432 e. The first-order chi connectivity index (χ1) is 16.0. The van der Waals surface area contributed by atoms with Crippen LogP contribution in [0.25, 0.3) is 5.70 Å². The highest BCUT2D eigenvalue weighted by Gasteiger charge is 2.33. The van der Waals surface area contributed by atoms with Gasteiger partial charge >= 0.3 is 6.18 Å². The summed E-state index contributed by atoms with van der Waals surface area (Å²) in [4.78, 5) is 12.7. The molecule has 1 amide bonds. The van der Waals surface area contributed by atoms with E-state index < -0.39 is 17.8 Å². The number of anilines is 2. The summed E-state index contributed by atoms with van der Waals surface area (Å²) in [5, 5.41) is 13.7. The topological polar surface area (TPSA) is 65.0 Å². The molecule has 0 aliphatic heterocycles. The molecule has 9 heteroatoms. The Morgan fingerprint density at radius 1 is 0.912 bits per heavy atom. The number of hydrogen-bond acceptors (Lipinski definition) is 3. The molecule has 3 aromatic carbocycles. The number of carbonyl (C=O) groups is 1. The van der Waals surface area contributed by atoms with Crippen LogP contribution in [-0.4, -0.2) is 17.8 Å². The van der Waals surface area contributed by atoms with Crippen molar-refractivity contribution in [1.82, 2.24) is 0 Å². The second kappa shape index (κ2) is 10.3. The fraction of sp³-hybridized carbons (Fsp3) is 0.120. The van der Waals surface area contributed by atoms with E-state index >= 15 is 0 Å². The van der Waals surface area contributed by atoms with Gasteiger partial charge in [-0.05, 0) is 66.9 Å². The molecule has 176 valence electrons. The van der Waals surface area contributed by atoms with Crippen molar-refractivity contribution >= 4 is 51.9 Å². The molecule has 0 spiro atoms. The van der Waals surface area contributed by atoms with Crippen molar-refractivity contribution in [1.29, 1.82) is 5.41 Å². The van der Waals surface area contributed by atoms with Gasteiger partial charge in [0.2, 0.25) is 0 Å². The molecule has 0 unspecified atom stereocenters. The summed E-state index contributed by atoms with van der Waals surface area (Å²) >= 11 is 12.4. The number of alkyl halides is 3. The lowest BCUT2D eigenvalue weighted by Crippen LogP contribution is -2.20. The molecule has 4 nitrogen and oxygen atoms in total. The van der Waals surface area contributed by atoms with Gasteiger partial charge in [0.15, 0.2) is 0 Å². The molecule has 3 N–H and O–H groups in total. The lowest BCUT2D eigenvalue weighted by Gasteiger charge is -2.15. The molecule has 0 fully saturated rings. The summed E-state index contributed by atoms with van der Waals surface area (Å²) in [5.41, 5.74) is 1.69. The second-order valence-corrected chi connectivity index (χ2v) is 8.36. The zero-order chi connectivity index (χ0) is 25.0. The minimum absolute atomic E-state index is 0.000179. The maximum atomic E-state index is 13.0. The van der Waals surface area contributed by atoms with Crippen molar-refractivity contribution < 1.29 is 18.0 Å². The van der Waals surface area contributed by atoms with E-state index in [9.17, 15) is 18.0 Å². The van der Waals surface area contributed by atoms with E-state index in [0.29, 0.717) is 33.1 Å². The molecule has 3 rings (SSSR count). The molecule has 0 aliphatic rings. The van der Waals surface area contributed by atoms with Crippen LogP contribution in [0.15, 0.2) is 66.7 Å².